The van der Waals surface area contributed by atoms with Crippen LogP contribution in [0.1, 0.15) is 19.8 Å². The smallest absolute Gasteiger partial charge is 0.241 e. The van der Waals surface area contributed by atoms with Gasteiger partial charge in [-0.05, 0) is 48.2 Å². The summed E-state index contributed by atoms with van der Waals surface area (Å²) in [6, 6.07) is 13.5. The molecule has 0 bridgehead atoms. The van der Waals surface area contributed by atoms with E-state index >= 15 is 0 Å². The van der Waals surface area contributed by atoms with Gasteiger partial charge in [-0.15, -0.1) is 0 Å². The molecular formula is C22H24FN3O3. The summed E-state index contributed by atoms with van der Waals surface area (Å²) in [6.07, 6.45) is 1.44. The molecule has 0 aromatic heterocycles. The van der Waals surface area contributed by atoms with Gasteiger partial charge in [-0.3, -0.25) is 14.4 Å². The fraction of sp³-hybridized carbons (Fsp3) is 0.318. The maximum Gasteiger partial charge on any atom is 0.241 e. The van der Waals surface area contributed by atoms with Gasteiger partial charge in [-0.2, -0.15) is 0 Å². The average Bonchev–Trinajstić information content (AvgIpc) is 2.72. The SMILES string of the molecule is CC(=O)NCC(=O)N1CCCC(C(=O)Nc2cccc(-c3ccc(F)cc3)c2)C1. The molecule has 152 valence electrons. The van der Waals surface area contributed by atoms with Crippen LogP contribution in [-0.4, -0.2) is 42.3 Å². The molecule has 0 spiro atoms. The summed E-state index contributed by atoms with van der Waals surface area (Å²) < 4.78 is 13.1. The van der Waals surface area contributed by atoms with Crippen molar-refractivity contribution in [3.05, 3.63) is 54.3 Å². The molecule has 3 amide bonds. The summed E-state index contributed by atoms with van der Waals surface area (Å²) in [5.41, 5.74) is 2.38. The van der Waals surface area contributed by atoms with E-state index in [1.807, 2.05) is 18.2 Å². The van der Waals surface area contributed by atoms with Crippen molar-refractivity contribution in [1.29, 1.82) is 0 Å². The Morgan fingerprint density at radius 2 is 1.86 bits per heavy atom. The Balaban J connectivity index is 1.62. The van der Waals surface area contributed by atoms with E-state index in [1.165, 1.54) is 19.1 Å². The number of amides is 3. The van der Waals surface area contributed by atoms with E-state index in [9.17, 15) is 18.8 Å². The first-order valence-corrected chi connectivity index (χ1v) is 9.61. The fourth-order valence-corrected chi connectivity index (χ4v) is 3.39. The van der Waals surface area contributed by atoms with Crippen LogP contribution >= 0.6 is 0 Å². The van der Waals surface area contributed by atoms with Crippen molar-refractivity contribution in [2.75, 3.05) is 25.0 Å². The van der Waals surface area contributed by atoms with Gasteiger partial charge >= 0.3 is 0 Å². The quantitative estimate of drug-likeness (QED) is 0.814. The highest BCUT2D eigenvalue weighted by Gasteiger charge is 2.28. The lowest BCUT2D eigenvalue weighted by atomic mass is 9.96. The van der Waals surface area contributed by atoms with E-state index in [2.05, 4.69) is 10.6 Å². The molecule has 1 fully saturated rings. The van der Waals surface area contributed by atoms with Crippen molar-refractivity contribution >= 4 is 23.4 Å². The van der Waals surface area contributed by atoms with Crippen molar-refractivity contribution in [1.82, 2.24) is 10.2 Å². The van der Waals surface area contributed by atoms with Crippen molar-refractivity contribution in [3.63, 3.8) is 0 Å². The van der Waals surface area contributed by atoms with E-state index in [0.29, 0.717) is 25.2 Å². The number of nitrogens with zero attached hydrogens (tertiary/aromatic N) is 1. The molecule has 1 unspecified atom stereocenters. The fourth-order valence-electron chi connectivity index (χ4n) is 3.39. The molecular weight excluding hydrogens is 373 g/mol. The second kappa shape index (κ2) is 9.32. The van der Waals surface area contributed by atoms with Crippen LogP contribution in [-0.2, 0) is 14.4 Å². The Bertz CT molecular complexity index is 898. The minimum atomic E-state index is -0.306. The predicted octanol–water partition coefficient (Wildman–Crippen LogP) is 2.81. The molecule has 1 aliphatic rings. The molecule has 1 saturated heterocycles. The molecule has 0 aliphatic carbocycles. The molecule has 6 nitrogen and oxygen atoms in total. The summed E-state index contributed by atoms with van der Waals surface area (Å²) in [7, 11) is 0. The van der Waals surface area contributed by atoms with Gasteiger partial charge in [-0.25, -0.2) is 4.39 Å². The zero-order valence-electron chi connectivity index (χ0n) is 16.3. The highest BCUT2D eigenvalue weighted by atomic mass is 19.1. The number of anilines is 1. The second-order valence-electron chi connectivity index (χ2n) is 7.17. The van der Waals surface area contributed by atoms with Gasteiger partial charge in [0.25, 0.3) is 0 Å². The molecule has 7 heteroatoms. The first-order chi connectivity index (χ1) is 13.9. The second-order valence-corrected chi connectivity index (χ2v) is 7.17. The van der Waals surface area contributed by atoms with Crippen LogP contribution in [0.5, 0.6) is 0 Å². The normalized spacial score (nSPS) is 16.2. The number of likely N-dealkylation sites (tertiary alicyclic amines) is 1. The number of carbonyl (C=O) groups excluding carboxylic acids is 3. The summed E-state index contributed by atoms with van der Waals surface area (Å²) in [4.78, 5) is 37.5. The van der Waals surface area contributed by atoms with Crippen LogP contribution in [0.3, 0.4) is 0 Å². The van der Waals surface area contributed by atoms with Crippen LogP contribution in [0.4, 0.5) is 10.1 Å². The topological polar surface area (TPSA) is 78.5 Å². The zero-order valence-corrected chi connectivity index (χ0v) is 16.3. The number of halogens is 1. The van der Waals surface area contributed by atoms with Gasteiger partial charge in [0.15, 0.2) is 0 Å². The number of hydrogen-bond donors (Lipinski definition) is 2. The summed E-state index contributed by atoms with van der Waals surface area (Å²) >= 11 is 0. The Kier molecular flexibility index (Phi) is 6.59. The maximum atomic E-state index is 13.1. The van der Waals surface area contributed by atoms with E-state index in [0.717, 1.165) is 17.5 Å². The minimum Gasteiger partial charge on any atom is -0.347 e. The first-order valence-electron chi connectivity index (χ1n) is 9.61. The molecule has 0 radical (unpaired) electrons. The summed E-state index contributed by atoms with van der Waals surface area (Å²) in [5.74, 6) is -1.19. The largest absolute Gasteiger partial charge is 0.347 e. The lowest BCUT2D eigenvalue weighted by Gasteiger charge is -2.32. The van der Waals surface area contributed by atoms with Gasteiger partial charge in [0.2, 0.25) is 17.7 Å². The van der Waals surface area contributed by atoms with Crippen molar-refractivity contribution in [2.24, 2.45) is 5.92 Å². The highest BCUT2D eigenvalue weighted by Crippen LogP contribution is 2.24. The highest BCUT2D eigenvalue weighted by molar-refractivity contribution is 5.94. The van der Waals surface area contributed by atoms with Gasteiger partial charge in [0.1, 0.15) is 5.82 Å². The number of piperidine rings is 1. The number of nitrogens with one attached hydrogen (secondary N) is 2. The Labute approximate surface area is 169 Å². The van der Waals surface area contributed by atoms with Gasteiger partial charge in [0, 0.05) is 25.7 Å². The molecule has 1 atom stereocenters. The molecule has 2 aromatic carbocycles. The predicted molar refractivity (Wildman–Crippen MR) is 108 cm³/mol. The molecule has 3 rings (SSSR count). The molecule has 1 heterocycles. The number of rotatable bonds is 5. The molecule has 2 N–H and O–H groups in total. The lowest BCUT2D eigenvalue weighted by molar-refractivity contribution is -0.135. The van der Waals surface area contributed by atoms with E-state index in [-0.39, 0.29) is 36.0 Å². The molecule has 1 aliphatic heterocycles. The molecule has 2 aromatic rings. The summed E-state index contributed by atoms with van der Waals surface area (Å²) in [6.45, 7) is 2.23. The first kappa shape index (κ1) is 20.5. The number of benzene rings is 2. The van der Waals surface area contributed by atoms with Crippen molar-refractivity contribution < 1.29 is 18.8 Å². The lowest BCUT2D eigenvalue weighted by Crippen LogP contribution is -2.47. The third-order valence-electron chi connectivity index (χ3n) is 4.94. The molecule has 29 heavy (non-hydrogen) atoms. The summed E-state index contributed by atoms with van der Waals surface area (Å²) in [5, 5.41) is 5.42. The molecule has 0 saturated carbocycles. The van der Waals surface area contributed by atoms with Crippen LogP contribution in [0, 0.1) is 11.7 Å². The van der Waals surface area contributed by atoms with Gasteiger partial charge in [-0.1, -0.05) is 24.3 Å². The zero-order chi connectivity index (χ0) is 20.8. The standard InChI is InChI=1S/C22H24FN3O3/c1-15(27)24-13-21(28)26-11-3-5-18(14-26)22(29)25-20-6-2-4-17(12-20)16-7-9-19(23)10-8-16/h2,4,6-10,12,18H,3,5,11,13-14H2,1H3,(H,24,27)(H,25,29). The third-order valence-corrected chi connectivity index (χ3v) is 4.94. The Morgan fingerprint density at radius 1 is 1.10 bits per heavy atom. The average molecular weight is 397 g/mol. The van der Waals surface area contributed by atoms with Crippen LogP contribution in [0.15, 0.2) is 48.5 Å². The van der Waals surface area contributed by atoms with Crippen molar-refractivity contribution in [2.45, 2.75) is 19.8 Å². The van der Waals surface area contributed by atoms with Gasteiger partial charge < -0.3 is 15.5 Å². The van der Waals surface area contributed by atoms with Crippen LogP contribution < -0.4 is 10.6 Å². The van der Waals surface area contributed by atoms with Crippen LogP contribution in [0.2, 0.25) is 0 Å². The van der Waals surface area contributed by atoms with Crippen molar-refractivity contribution in [3.8, 4) is 11.1 Å². The Morgan fingerprint density at radius 3 is 2.59 bits per heavy atom. The van der Waals surface area contributed by atoms with Crippen LogP contribution in [0.25, 0.3) is 11.1 Å². The van der Waals surface area contributed by atoms with Gasteiger partial charge in [0.05, 0.1) is 12.5 Å². The number of carbonyl (C=O) groups is 3. The monoisotopic (exact) mass is 397 g/mol. The minimum absolute atomic E-state index is 0.0522. The number of hydrogen-bond acceptors (Lipinski definition) is 3. The van der Waals surface area contributed by atoms with E-state index in [1.54, 1.807) is 23.1 Å². The third kappa shape index (κ3) is 5.63. The van der Waals surface area contributed by atoms with E-state index < -0.39 is 0 Å². The maximum absolute atomic E-state index is 13.1. The Hall–Kier alpha value is -3.22. The van der Waals surface area contributed by atoms with E-state index in [4.69, 9.17) is 0 Å².